The van der Waals surface area contributed by atoms with E-state index >= 15 is 0 Å². The fraction of sp³-hybridized carbons (Fsp3) is 0.160. The van der Waals surface area contributed by atoms with Gasteiger partial charge in [0.2, 0.25) is 0 Å². The lowest BCUT2D eigenvalue weighted by Crippen LogP contribution is -2.22. The lowest BCUT2D eigenvalue weighted by molar-refractivity contribution is 0.0697. The summed E-state index contributed by atoms with van der Waals surface area (Å²) >= 11 is 0. The minimum Gasteiger partial charge on any atom is -0.478 e. The van der Waals surface area contributed by atoms with Crippen molar-refractivity contribution in [3.8, 4) is 0 Å². The number of fused-ring (bicyclic) bond motifs is 1. The van der Waals surface area contributed by atoms with Gasteiger partial charge >= 0.3 is 5.97 Å². The molecule has 0 radical (unpaired) electrons. The molecule has 0 unspecified atom stereocenters. The number of aromatic carboxylic acids is 1. The third-order valence-corrected chi connectivity index (χ3v) is 5.38. The number of hydrogen-bond donors (Lipinski definition) is 1. The van der Waals surface area contributed by atoms with Crippen LogP contribution in [0.1, 0.15) is 58.4 Å². The van der Waals surface area contributed by atoms with Crippen molar-refractivity contribution in [3.63, 3.8) is 0 Å². The van der Waals surface area contributed by atoms with Gasteiger partial charge in [0.1, 0.15) is 6.33 Å². The Hall–Kier alpha value is -3.53. The zero-order valence-electron chi connectivity index (χ0n) is 16.5. The third kappa shape index (κ3) is 3.87. The van der Waals surface area contributed by atoms with E-state index in [9.17, 15) is 4.79 Å². The smallest absolute Gasteiger partial charge is 0.335 e. The first-order valence-corrected chi connectivity index (χ1v) is 9.56. The Balaban J connectivity index is 1.69. The molecule has 4 nitrogen and oxygen atoms in total. The molecular weight excluding hydrogens is 360 g/mol. The summed E-state index contributed by atoms with van der Waals surface area (Å²) in [7, 11) is 0. The number of allylic oxidation sites excluding steroid dienone is 1. The Kier molecular flexibility index (Phi) is 4.85. The molecule has 0 saturated carbocycles. The second-order valence-corrected chi connectivity index (χ2v) is 7.90. The first-order valence-electron chi connectivity index (χ1n) is 9.56. The van der Waals surface area contributed by atoms with E-state index in [1.807, 2.05) is 30.6 Å². The summed E-state index contributed by atoms with van der Waals surface area (Å²) in [5, 5.41) is 9.03. The maximum atomic E-state index is 11.0. The Morgan fingerprint density at radius 2 is 1.66 bits per heavy atom. The second-order valence-electron chi connectivity index (χ2n) is 7.90. The van der Waals surface area contributed by atoms with Gasteiger partial charge in [-0.3, -0.25) is 0 Å². The predicted molar refractivity (Wildman–Crippen MR) is 116 cm³/mol. The van der Waals surface area contributed by atoms with E-state index in [0.29, 0.717) is 0 Å². The number of nitrogens with zero attached hydrogens (tertiary/aromatic N) is 2. The Labute approximate surface area is 170 Å². The maximum Gasteiger partial charge on any atom is 0.335 e. The summed E-state index contributed by atoms with van der Waals surface area (Å²) in [5.41, 5.74) is 7.13. The average molecular weight is 382 g/mol. The van der Waals surface area contributed by atoms with Crippen molar-refractivity contribution in [2.75, 3.05) is 0 Å². The van der Waals surface area contributed by atoms with Gasteiger partial charge in [0.15, 0.2) is 0 Å². The molecular formula is C25H22N2O2. The van der Waals surface area contributed by atoms with E-state index in [0.717, 1.165) is 23.1 Å². The molecule has 4 heteroatoms. The molecule has 0 atom stereocenters. The number of hydrogen-bond acceptors (Lipinski definition) is 3. The highest BCUT2D eigenvalue weighted by atomic mass is 16.4. The van der Waals surface area contributed by atoms with Gasteiger partial charge in [0, 0.05) is 18.0 Å². The van der Waals surface area contributed by atoms with Gasteiger partial charge in [-0.15, -0.1) is 0 Å². The van der Waals surface area contributed by atoms with Crippen molar-refractivity contribution in [1.82, 2.24) is 9.97 Å². The highest BCUT2D eigenvalue weighted by Gasteiger charge is 2.28. The number of benzene rings is 2. The SMILES string of the molecule is CC1(C)CC=C(c2cncnc2)c2cc(/C=C/c3ccc(C(=O)O)cc3)ccc21. The molecule has 1 aromatic heterocycles. The van der Waals surface area contributed by atoms with E-state index in [2.05, 4.69) is 54.2 Å². The van der Waals surface area contributed by atoms with Crippen molar-refractivity contribution in [1.29, 1.82) is 0 Å². The normalized spacial score (nSPS) is 15.0. The van der Waals surface area contributed by atoms with Crippen molar-refractivity contribution >= 4 is 23.7 Å². The molecule has 0 bridgehead atoms. The number of carboxylic acids is 1. The maximum absolute atomic E-state index is 11.0. The van der Waals surface area contributed by atoms with Crippen LogP contribution in [0.15, 0.2) is 67.3 Å². The topological polar surface area (TPSA) is 63.1 Å². The lowest BCUT2D eigenvalue weighted by Gasteiger charge is -2.32. The van der Waals surface area contributed by atoms with E-state index in [4.69, 9.17) is 5.11 Å². The third-order valence-electron chi connectivity index (χ3n) is 5.38. The molecule has 1 N–H and O–H groups in total. The molecule has 0 aliphatic heterocycles. The molecule has 1 aliphatic carbocycles. The lowest BCUT2D eigenvalue weighted by atomic mass is 9.72. The summed E-state index contributed by atoms with van der Waals surface area (Å²) in [4.78, 5) is 19.4. The highest BCUT2D eigenvalue weighted by Crippen LogP contribution is 2.41. The molecule has 0 amide bonds. The van der Waals surface area contributed by atoms with Gasteiger partial charge in [0.25, 0.3) is 0 Å². The monoisotopic (exact) mass is 382 g/mol. The number of carbonyl (C=O) groups is 1. The fourth-order valence-corrected chi connectivity index (χ4v) is 3.70. The van der Waals surface area contributed by atoms with Crippen LogP contribution in [0.25, 0.3) is 17.7 Å². The van der Waals surface area contributed by atoms with Crippen LogP contribution in [-0.2, 0) is 5.41 Å². The van der Waals surface area contributed by atoms with Gasteiger partial charge < -0.3 is 5.11 Å². The first kappa shape index (κ1) is 18.8. The van der Waals surface area contributed by atoms with Crippen molar-refractivity contribution < 1.29 is 9.90 Å². The Morgan fingerprint density at radius 1 is 1.00 bits per heavy atom. The van der Waals surface area contributed by atoms with Crippen LogP contribution in [0.4, 0.5) is 0 Å². The van der Waals surface area contributed by atoms with Crippen molar-refractivity contribution in [3.05, 3.63) is 101 Å². The Bertz CT molecular complexity index is 1110. The summed E-state index contributed by atoms with van der Waals surface area (Å²) in [6.45, 7) is 4.53. The molecule has 29 heavy (non-hydrogen) atoms. The first-order chi connectivity index (χ1) is 13.9. The fourth-order valence-electron chi connectivity index (χ4n) is 3.70. The number of carboxylic acid groups (broad SMARTS) is 1. The molecule has 3 aromatic rings. The van der Waals surface area contributed by atoms with E-state index in [1.165, 1.54) is 16.7 Å². The number of rotatable bonds is 4. The van der Waals surface area contributed by atoms with Gasteiger partial charge in [-0.1, -0.05) is 56.3 Å². The van der Waals surface area contributed by atoms with Gasteiger partial charge in [-0.2, -0.15) is 0 Å². The number of aromatic nitrogens is 2. The van der Waals surface area contributed by atoms with E-state index in [-0.39, 0.29) is 11.0 Å². The van der Waals surface area contributed by atoms with Crippen LogP contribution in [0.3, 0.4) is 0 Å². The zero-order valence-corrected chi connectivity index (χ0v) is 16.5. The molecule has 2 aromatic carbocycles. The largest absolute Gasteiger partial charge is 0.478 e. The zero-order chi connectivity index (χ0) is 20.4. The summed E-state index contributed by atoms with van der Waals surface area (Å²) in [6, 6.07) is 13.4. The van der Waals surface area contributed by atoms with Gasteiger partial charge in [-0.25, -0.2) is 14.8 Å². The average Bonchev–Trinajstić information content (AvgIpc) is 2.73. The Morgan fingerprint density at radius 3 is 2.34 bits per heavy atom. The molecule has 0 fully saturated rings. The molecule has 0 saturated heterocycles. The van der Waals surface area contributed by atoms with Crippen LogP contribution in [0.2, 0.25) is 0 Å². The van der Waals surface area contributed by atoms with Gasteiger partial charge in [-0.05, 0) is 57.9 Å². The molecule has 0 spiro atoms. The summed E-state index contributed by atoms with van der Waals surface area (Å²) < 4.78 is 0. The van der Waals surface area contributed by atoms with Crippen LogP contribution < -0.4 is 0 Å². The van der Waals surface area contributed by atoms with Gasteiger partial charge in [0.05, 0.1) is 5.56 Å². The quantitative estimate of drug-likeness (QED) is 0.609. The van der Waals surface area contributed by atoms with E-state index < -0.39 is 5.97 Å². The second kappa shape index (κ2) is 7.47. The molecule has 1 heterocycles. The summed E-state index contributed by atoms with van der Waals surface area (Å²) in [6.07, 6.45) is 12.6. The van der Waals surface area contributed by atoms with Crippen LogP contribution in [-0.4, -0.2) is 21.0 Å². The van der Waals surface area contributed by atoms with Crippen LogP contribution in [0.5, 0.6) is 0 Å². The van der Waals surface area contributed by atoms with E-state index in [1.54, 1.807) is 18.5 Å². The van der Waals surface area contributed by atoms with Crippen LogP contribution >= 0.6 is 0 Å². The van der Waals surface area contributed by atoms with Crippen LogP contribution in [0, 0.1) is 0 Å². The summed E-state index contributed by atoms with van der Waals surface area (Å²) in [5.74, 6) is -0.915. The molecule has 144 valence electrons. The molecule has 4 rings (SSSR count). The standard InChI is InChI=1S/C25H22N2O2/c1-25(2)12-11-21(20-14-26-16-27-15-20)22-13-18(7-10-23(22)25)4-3-17-5-8-19(9-6-17)24(28)29/h3-11,13-16H,12H2,1-2H3,(H,28,29)/b4-3+. The predicted octanol–water partition coefficient (Wildman–Crippen LogP) is 5.46. The van der Waals surface area contributed by atoms with Crippen molar-refractivity contribution in [2.24, 2.45) is 0 Å². The minimum absolute atomic E-state index is 0.0728. The van der Waals surface area contributed by atoms with Crippen molar-refractivity contribution in [2.45, 2.75) is 25.7 Å². The minimum atomic E-state index is -0.915. The molecule has 1 aliphatic rings. The highest BCUT2D eigenvalue weighted by molar-refractivity contribution is 5.88.